The molecule has 1 aliphatic rings. The van der Waals surface area contributed by atoms with Crippen LogP contribution in [0.1, 0.15) is 44.5 Å². The molecule has 2 rings (SSSR count). The van der Waals surface area contributed by atoms with E-state index < -0.39 is 52.8 Å². The van der Waals surface area contributed by atoms with Gasteiger partial charge < -0.3 is 31.0 Å². The molecule has 1 heterocycles. The number of esters is 1. The third-order valence-corrected chi connectivity index (χ3v) is 4.81. The normalized spacial score (nSPS) is 22.1. The molecule has 6 N–H and O–H groups in total. The fourth-order valence-electron chi connectivity index (χ4n) is 3.28. The summed E-state index contributed by atoms with van der Waals surface area (Å²) in [5.41, 5.74) is -3.38. The first-order valence-corrected chi connectivity index (χ1v) is 9.94. The Hall–Kier alpha value is -3.06. The highest BCUT2D eigenvalue weighted by Crippen LogP contribution is 2.23. The van der Waals surface area contributed by atoms with Gasteiger partial charge in [-0.25, -0.2) is 5.21 Å². The van der Waals surface area contributed by atoms with Crippen LogP contribution in [0.3, 0.4) is 0 Å². The molecule has 0 aliphatic carbocycles. The average Bonchev–Trinajstić information content (AvgIpc) is 2.67. The maximum Gasteiger partial charge on any atom is 0.326 e. The zero-order chi connectivity index (χ0) is 24.3. The molecule has 1 aromatic rings. The van der Waals surface area contributed by atoms with E-state index in [0.29, 0.717) is 0 Å². The summed E-state index contributed by atoms with van der Waals surface area (Å²) in [6, 6.07) is 3.85. The average molecular weight is 452 g/mol. The van der Waals surface area contributed by atoms with Crippen LogP contribution in [-0.4, -0.2) is 57.9 Å². The van der Waals surface area contributed by atoms with Crippen LogP contribution in [0.25, 0.3) is 0 Å². The first kappa shape index (κ1) is 25.2. The Morgan fingerprint density at radius 1 is 1.28 bits per heavy atom. The topological polar surface area (TPSA) is 182 Å². The van der Waals surface area contributed by atoms with Crippen molar-refractivity contribution in [3.05, 3.63) is 35.0 Å². The molecule has 12 nitrogen and oxygen atoms in total. The van der Waals surface area contributed by atoms with Crippen LogP contribution in [0.2, 0.25) is 0 Å². The van der Waals surface area contributed by atoms with E-state index in [4.69, 9.17) is 9.94 Å². The van der Waals surface area contributed by atoms with E-state index >= 15 is 0 Å². The number of aliphatic hydroxyl groups is 1. The van der Waals surface area contributed by atoms with Gasteiger partial charge in [-0.2, -0.15) is 5.23 Å². The zero-order valence-corrected chi connectivity index (χ0v) is 18.2. The Balaban J connectivity index is 1.95. The Bertz CT molecular complexity index is 884. The number of carbonyl (C=O) groups is 4. The van der Waals surface area contributed by atoms with E-state index in [-0.39, 0.29) is 23.6 Å². The van der Waals surface area contributed by atoms with Crippen LogP contribution in [0.15, 0.2) is 24.3 Å². The summed E-state index contributed by atoms with van der Waals surface area (Å²) in [6.07, 6.45) is 0.0109. The maximum absolute atomic E-state index is 12.5. The SMILES string of the molecule is CC(C)CC1(O)NC(=O)C(C(C)(C)OC(=O)CNC(=O)c2ccc([NH+]([O-])O)cc2)NC1=O. The molecule has 32 heavy (non-hydrogen) atoms. The number of hydrogen-bond donors (Lipinski definition) is 6. The number of hydrogen-bond acceptors (Lipinski definition) is 8. The standard InChI is InChI=1S/C20H28N4O8/c1-11(2)9-20(29)18(28)22-15(17(27)23-20)19(3,4)32-14(25)10-21-16(26)12-5-7-13(8-6-12)24(30)31/h5-8,11,15,24,29-30H,9-10H2,1-4H3,(H,21,26)(H,22,28)(H,23,27). The van der Waals surface area contributed by atoms with Crippen molar-refractivity contribution in [1.29, 1.82) is 0 Å². The molecule has 0 aromatic heterocycles. The molecule has 12 heteroatoms. The van der Waals surface area contributed by atoms with Crippen LogP contribution >= 0.6 is 0 Å². The van der Waals surface area contributed by atoms with Gasteiger partial charge in [0, 0.05) is 24.1 Å². The molecule has 0 spiro atoms. The first-order valence-electron chi connectivity index (χ1n) is 9.94. The molecule has 0 saturated carbocycles. The van der Waals surface area contributed by atoms with Crippen LogP contribution in [0.5, 0.6) is 0 Å². The van der Waals surface area contributed by atoms with Crippen molar-refractivity contribution in [3.63, 3.8) is 0 Å². The predicted molar refractivity (Wildman–Crippen MR) is 109 cm³/mol. The number of benzene rings is 1. The summed E-state index contributed by atoms with van der Waals surface area (Å²) in [6.45, 7) is 5.86. The lowest BCUT2D eigenvalue weighted by Crippen LogP contribution is -2.99. The summed E-state index contributed by atoms with van der Waals surface area (Å²) in [7, 11) is 0. The highest BCUT2D eigenvalue weighted by atomic mass is 16.8. The Morgan fingerprint density at radius 3 is 2.41 bits per heavy atom. The van der Waals surface area contributed by atoms with Crippen molar-refractivity contribution in [2.24, 2.45) is 5.92 Å². The third-order valence-electron chi connectivity index (χ3n) is 4.81. The number of carbonyl (C=O) groups excluding carboxylic acids is 4. The molecular weight excluding hydrogens is 424 g/mol. The maximum atomic E-state index is 12.5. The fraction of sp³-hybridized carbons (Fsp3) is 0.500. The van der Waals surface area contributed by atoms with Gasteiger partial charge >= 0.3 is 5.97 Å². The van der Waals surface area contributed by atoms with E-state index in [1.807, 2.05) is 0 Å². The largest absolute Gasteiger partial charge is 0.595 e. The fourth-order valence-corrected chi connectivity index (χ4v) is 3.28. The molecule has 3 amide bonds. The highest BCUT2D eigenvalue weighted by Gasteiger charge is 2.51. The van der Waals surface area contributed by atoms with Gasteiger partial charge in [-0.1, -0.05) is 13.8 Å². The lowest BCUT2D eigenvalue weighted by atomic mass is 9.90. The number of rotatable bonds is 8. The van der Waals surface area contributed by atoms with Gasteiger partial charge in [0.05, 0.1) is 0 Å². The minimum Gasteiger partial charge on any atom is -0.595 e. The summed E-state index contributed by atoms with van der Waals surface area (Å²) >= 11 is 0. The molecule has 0 radical (unpaired) electrons. The van der Waals surface area contributed by atoms with Gasteiger partial charge in [-0.3, -0.25) is 19.2 Å². The highest BCUT2D eigenvalue weighted by molar-refractivity contribution is 5.99. The minimum absolute atomic E-state index is 0.0100. The molecule has 1 aliphatic heterocycles. The van der Waals surface area contributed by atoms with E-state index in [1.54, 1.807) is 13.8 Å². The van der Waals surface area contributed by atoms with Gasteiger partial charge in [0.25, 0.3) is 11.8 Å². The number of quaternary nitrogens is 1. The molecule has 3 unspecified atom stereocenters. The van der Waals surface area contributed by atoms with Gasteiger partial charge in [-0.15, -0.1) is 0 Å². The van der Waals surface area contributed by atoms with Crippen molar-refractivity contribution in [3.8, 4) is 0 Å². The van der Waals surface area contributed by atoms with Crippen molar-refractivity contribution in [2.45, 2.75) is 51.5 Å². The molecule has 1 fully saturated rings. The predicted octanol–water partition coefficient (Wildman–Crippen LogP) is -1.51. The summed E-state index contributed by atoms with van der Waals surface area (Å²) in [4.78, 5) is 49.2. The van der Waals surface area contributed by atoms with Gasteiger partial charge in [-0.05, 0) is 31.9 Å². The van der Waals surface area contributed by atoms with Gasteiger partial charge in [0.1, 0.15) is 18.2 Å². The number of nitrogens with one attached hydrogen (secondary N) is 4. The van der Waals surface area contributed by atoms with E-state index in [2.05, 4.69) is 16.0 Å². The second kappa shape index (κ2) is 9.61. The van der Waals surface area contributed by atoms with Crippen molar-refractivity contribution in [1.82, 2.24) is 16.0 Å². The zero-order valence-electron chi connectivity index (χ0n) is 18.2. The Morgan fingerprint density at radius 2 is 1.88 bits per heavy atom. The first-order chi connectivity index (χ1) is 14.7. The summed E-state index contributed by atoms with van der Waals surface area (Å²) < 4.78 is 5.29. The molecule has 3 atom stereocenters. The van der Waals surface area contributed by atoms with Crippen molar-refractivity contribution in [2.75, 3.05) is 6.54 Å². The second-order valence-corrected chi connectivity index (χ2v) is 8.50. The van der Waals surface area contributed by atoms with Crippen LogP contribution in [0, 0.1) is 11.1 Å². The third kappa shape index (κ3) is 6.01. The minimum atomic E-state index is -2.05. The molecule has 0 bridgehead atoms. The van der Waals surface area contributed by atoms with Gasteiger partial charge in [0.15, 0.2) is 5.69 Å². The van der Waals surface area contributed by atoms with E-state index in [1.165, 1.54) is 38.1 Å². The van der Waals surface area contributed by atoms with E-state index in [9.17, 15) is 29.5 Å². The van der Waals surface area contributed by atoms with E-state index in [0.717, 1.165) is 0 Å². The number of amides is 3. The number of ether oxygens (including phenoxy) is 1. The molecular formula is C20H28N4O8. The second-order valence-electron chi connectivity index (χ2n) is 8.50. The van der Waals surface area contributed by atoms with Crippen molar-refractivity contribution >= 4 is 29.4 Å². The smallest absolute Gasteiger partial charge is 0.326 e. The summed E-state index contributed by atoms with van der Waals surface area (Å²) in [5, 5.41) is 36.0. The number of piperazine rings is 1. The van der Waals surface area contributed by atoms with Gasteiger partial charge in [0.2, 0.25) is 11.6 Å². The molecule has 1 aromatic carbocycles. The van der Waals surface area contributed by atoms with Crippen LogP contribution < -0.4 is 21.2 Å². The van der Waals surface area contributed by atoms with Crippen LogP contribution in [-0.2, 0) is 19.1 Å². The Kier molecular flexibility index (Phi) is 7.57. The van der Waals surface area contributed by atoms with Crippen LogP contribution in [0.4, 0.5) is 5.69 Å². The lowest BCUT2D eigenvalue weighted by molar-refractivity contribution is -0.991. The molecule has 1 saturated heterocycles. The van der Waals surface area contributed by atoms with Crippen molar-refractivity contribution < 1.29 is 39.5 Å². The lowest BCUT2D eigenvalue weighted by Gasteiger charge is -2.42. The molecule has 176 valence electrons. The Labute approximate surface area is 184 Å². The quantitative estimate of drug-likeness (QED) is 0.203. The monoisotopic (exact) mass is 452 g/mol. The summed E-state index contributed by atoms with van der Waals surface area (Å²) in [5.74, 6) is -3.08.